The van der Waals surface area contributed by atoms with Gasteiger partial charge in [0.1, 0.15) is 0 Å². The van der Waals surface area contributed by atoms with Gasteiger partial charge in [-0.15, -0.1) is 0 Å². The lowest BCUT2D eigenvalue weighted by atomic mass is 10.6. The minimum atomic E-state index is -4.43. The third kappa shape index (κ3) is 6.06. The zero-order valence-electron chi connectivity index (χ0n) is 8.23. The van der Waals surface area contributed by atoms with Gasteiger partial charge in [0.15, 0.2) is 8.32 Å². The standard InChI is InChI=1S/C7H15F3O2Si/c1-5-11-6(7(8,9)10)12-13(2,3)4/h6H,5H2,1-4H3. The summed E-state index contributed by atoms with van der Waals surface area (Å²) < 4.78 is 45.9. The van der Waals surface area contributed by atoms with Gasteiger partial charge < -0.3 is 9.16 Å². The van der Waals surface area contributed by atoms with Crippen LogP contribution < -0.4 is 0 Å². The van der Waals surface area contributed by atoms with Crippen LogP contribution in [0, 0.1) is 0 Å². The first-order chi connectivity index (χ1) is 5.67. The third-order valence-corrected chi connectivity index (χ3v) is 1.97. The van der Waals surface area contributed by atoms with Gasteiger partial charge in [0.25, 0.3) is 0 Å². The molecular formula is C7H15F3O2Si. The topological polar surface area (TPSA) is 18.5 Å². The molecule has 0 aliphatic carbocycles. The molecule has 0 aromatic heterocycles. The normalized spacial score (nSPS) is 15.9. The Morgan fingerprint density at radius 2 is 1.69 bits per heavy atom. The summed E-state index contributed by atoms with van der Waals surface area (Å²) in [5, 5.41) is 0. The Hall–Kier alpha value is -0.0731. The van der Waals surface area contributed by atoms with Crippen LogP contribution >= 0.6 is 0 Å². The highest BCUT2D eigenvalue weighted by Gasteiger charge is 2.43. The molecule has 0 N–H and O–H groups in total. The molecule has 0 bridgehead atoms. The molecule has 0 radical (unpaired) electrons. The Kier molecular flexibility index (Phi) is 4.41. The van der Waals surface area contributed by atoms with Crippen molar-refractivity contribution in [1.29, 1.82) is 0 Å². The van der Waals surface area contributed by atoms with Crippen molar-refractivity contribution in [3.05, 3.63) is 0 Å². The van der Waals surface area contributed by atoms with Crippen LogP contribution in [0.1, 0.15) is 6.92 Å². The molecule has 0 spiro atoms. The fourth-order valence-corrected chi connectivity index (χ4v) is 1.51. The van der Waals surface area contributed by atoms with Crippen molar-refractivity contribution in [2.24, 2.45) is 0 Å². The number of alkyl halides is 3. The summed E-state index contributed by atoms with van der Waals surface area (Å²) in [6, 6.07) is 0. The average molecular weight is 216 g/mol. The first-order valence-electron chi connectivity index (χ1n) is 4.03. The first kappa shape index (κ1) is 12.9. The lowest BCUT2D eigenvalue weighted by Crippen LogP contribution is -2.42. The summed E-state index contributed by atoms with van der Waals surface area (Å²) in [6.07, 6.45) is -6.50. The smallest absolute Gasteiger partial charge is 0.386 e. The number of hydrogen-bond acceptors (Lipinski definition) is 2. The lowest BCUT2D eigenvalue weighted by molar-refractivity contribution is -0.284. The fraction of sp³-hybridized carbons (Fsp3) is 1.00. The molecule has 2 nitrogen and oxygen atoms in total. The molecule has 0 saturated carbocycles. The predicted octanol–water partition coefficient (Wildman–Crippen LogP) is 2.76. The Balaban J connectivity index is 4.27. The average Bonchev–Trinajstić information content (AvgIpc) is 1.81. The highest BCUT2D eigenvalue weighted by Crippen LogP contribution is 2.26. The molecule has 0 heterocycles. The van der Waals surface area contributed by atoms with Crippen LogP contribution in [0.4, 0.5) is 13.2 Å². The van der Waals surface area contributed by atoms with Crippen LogP contribution in [-0.2, 0) is 9.16 Å². The number of hydrogen-bond donors (Lipinski definition) is 0. The van der Waals surface area contributed by atoms with E-state index in [1.807, 2.05) is 0 Å². The van der Waals surface area contributed by atoms with Gasteiger partial charge in [0.2, 0.25) is 6.29 Å². The summed E-state index contributed by atoms with van der Waals surface area (Å²) in [5.74, 6) is 0. The molecule has 0 aliphatic rings. The number of halogens is 3. The van der Waals surface area contributed by atoms with Crippen molar-refractivity contribution in [2.45, 2.75) is 39.0 Å². The minimum absolute atomic E-state index is 0.00530. The van der Waals surface area contributed by atoms with E-state index in [-0.39, 0.29) is 6.61 Å². The maximum atomic E-state index is 12.2. The molecule has 1 unspecified atom stereocenters. The lowest BCUT2D eigenvalue weighted by Gasteiger charge is -2.27. The molecule has 80 valence electrons. The predicted molar refractivity (Wildman–Crippen MR) is 45.9 cm³/mol. The van der Waals surface area contributed by atoms with Crippen molar-refractivity contribution in [2.75, 3.05) is 6.61 Å². The Bertz CT molecular complexity index is 153. The van der Waals surface area contributed by atoms with Crippen LogP contribution in [0.25, 0.3) is 0 Å². The second-order valence-corrected chi connectivity index (χ2v) is 8.02. The van der Waals surface area contributed by atoms with Crippen molar-refractivity contribution in [3.63, 3.8) is 0 Å². The molecule has 6 heteroatoms. The zero-order valence-corrected chi connectivity index (χ0v) is 9.23. The largest absolute Gasteiger partial charge is 0.439 e. The summed E-state index contributed by atoms with van der Waals surface area (Å²) >= 11 is 0. The van der Waals surface area contributed by atoms with Crippen molar-refractivity contribution >= 4 is 8.32 Å². The van der Waals surface area contributed by atoms with E-state index in [4.69, 9.17) is 4.43 Å². The molecule has 0 amide bonds. The monoisotopic (exact) mass is 216 g/mol. The van der Waals surface area contributed by atoms with E-state index < -0.39 is 20.8 Å². The SMILES string of the molecule is CCOC(O[Si](C)(C)C)C(F)(F)F. The van der Waals surface area contributed by atoms with E-state index in [2.05, 4.69) is 4.74 Å². The molecule has 0 rings (SSSR count). The van der Waals surface area contributed by atoms with Crippen LogP contribution in [0.3, 0.4) is 0 Å². The second kappa shape index (κ2) is 4.43. The van der Waals surface area contributed by atoms with E-state index in [1.54, 1.807) is 19.6 Å². The maximum Gasteiger partial charge on any atom is 0.439 e. The number of ether oxygens (including phenoxy) is 1. The molecule has 0 aromatic rings. The molecule has 0 saturated heterocycles. The Morgan fingerprint density at radius 1 is 1.23 bits per heavy atom. The first-order valence-corrected chi connectivity index (χ1v) is 7.44. The van der Waals surface area contributed by atoms with Crippen LogP contribution in [-0.4, -0.2) is 27.4 Å². The van der Waals surface area contributed by atoms with Gasteiger partial charge >= 0.3 is 6.18 Å². The zero-order chi connectivity index (χ0) is 10.7. The summed E-state index contributed by atoms with van der Waals surface area (Å²) in [6.45, 7) is 6.56. The summed E-state index contributed by atoms with van der Waals surface area (Å²) in [5.41, 5.74) is 0. The van der Waals surface area contributed by atoms with Crippen molar-refractivity contribution < 1.29 is 22.3 Å². The van der Waals surface area contributed by atoms with E-state index >= 15 is 0 Å². The molecule has 13 heavy (non-hydrogen) atoms. The van der Waals surface area contributed by atoms with Gasteiger partial charge in [0.05, 0.1) is 0 Å². The van der Waals surface area contributed by atoms with Crippen LogP contribution in [0.15, 0.2) is 0 Å². The van der Waals surface area contributed by atoms with E-state index in [9.17, 15) is 13.2 Å². The third-order valence-electron chi connectivity index (χ3n) is 1.05. The second-order valence-electron chi connectivity index (χ2n) is 3.56. The molecule has 1 atom stereocenters. The van der Waals surface area contributed by atoms with E-state index in [0.717, 1.165) is 0 Å². The van der Waals surface area contributed by atoms with Gasteiger partial charge in [-0.2, -0.15) is 13.2 Å². The highest BCUT2D eigenvalue weighted by molar-refractivity contribution is 6.69. The van der Waals surface area contributed by atoms with Crippen LogP contribution in [0.2, 0.25) is 19.6 Å². The fourth-order valence-electron chi connectivity index (χ4n) is 0.668. The molecule has 0 aliphatic heterocycles. The molecular weight excluding hydrogens is 201 g/mol. The summed E-state index contributed by atoms with van der Waals surface area (Å²) in [4.78, 5) is 0. The maximum absolute atomic E-state index is 12.2. The number of rotatable bonds is 4. The minimum Gasteiger partial charge on any atom is -0.386 e. The van der Waals surface area contributed by atoms with Gasteiger partial charge in [-0.3, -0.25) is 0 Å². The quantitative estimate of drug-likeness (QED) is 0.531. The highest BCUT2D eigenvalue weighted by atomic mass is 28.4. The van der Waals surface area contributed by atoms with E-state index in [1.165, 1.54) is 6.92 Å². The molecule has 0 fully saturated rings. The van der Waals surface area contributed by atoms with Crippen molar-refractivity contribution in [3.8, 4) is 0 Å². The summed E-state index contributed by atoms with van der Waals surface area (Å²) in [7, 11) is -2.21. The van der Waals surface area contributed by atoms with Crippen LogP contribution in [0.5, 0.6) is 0 Å². The Labute approximate surface area is 77.2 Å². The van der Waals surface area contributed by atoms with Gasteiger partial charge in [0, 0.05) is 6.61 Å². The van der Waals surface area contributed by atoms with Crippen molar-refractivity contribution in [1.82, 2.24) is 0 Å². The van der Waals surface area contributed by atoms with Gasteiger partial charge in [-0.05, 0) is 26.6 Å². The van der Waals surface area contributed by atoms with Gasteiger partial charge in [-0.25, -0.2) is 0 Å². The molecule has 0 aromatic carbocycles. The van der Waals surface area contributed by atoms with E-state index in [0.29, 0.717) is 0 Å². The Morgan fingerprint density at radius 3 is 1.92 bits per heavy atom. The van der Waals surface area contributed by atoms with Gasteiger partial charge in [-0.1, -0.05) is 0 Å².